The molecule has 2 N–H and O–H groups in total. The maximum atomic E-state index is 11.9. The van der Waals surface area contributed by atoms with Crippen molar-refractivity contribution in [2.75, 3.05) is 44.4 Å². The minimum atomic E-state index is -0.439. The lowest BCUT2D eigenvalue weighted by Gasteiger charge is -2.32. The fourth-order valence-corrected chi connectivity index (χ4v) is 2.18. The molecular formula is C14H18N4O2. The minimum Gasteiger partial charge on any atom is -0.397 e. The predicted octanol–water partition coefficient (Wildman–Crippen LogP) is 0.699. The van der Waals surface area contributed by atoms with Gasteiger partial charge in [0, 0.05) is 26.2 Å². The third-order valence-electron chi connectivity index (χ3n) is 3.23. The van der Waals surface area contributed by atoms with Gasteiger partial charge in [-0.25, -0.2) is 0 Å². The Labute approximate surface area is 118 Å². The summed E-state index contributed by atoms with van der Waals surface area (Å²) in [6.45, 7) is 1.67. The van der Waals surface area contributed by atoms with Gasteiger partial charge in [-0.1, -0.05) is 0 Å². The Morgan fingerprint density at radius 3 is 2.90 bits per heavy atom. The maximum Gasteiger partial charge on any atom is 0.253 e. The van der Waals surface area contributed by atoms with Crippen molar-refractivity contribution in [1.29, 1.82) is 5.26 Å². The van der Waals surface area contributed by atoms with Crippen LogP contribution in [0.3, 0.4) is 0 Å². The van der Waals surface area contributed by atoms with Crippen LogP contribution >= 0.6 is 0 Å². The Morgan fingerprint density at radius 2 is 2.30 bits per heavy atom. The standard InChI is InChI=1S/C14H18N4O2/c1-17(2)14(19)10-3-4-13(12(16)7-10)18-5-6-20-11(8-15)9-18/h3-4,7,11H,5-6,9,16H2,1-2H3. The van der Waals surface area contributed by atoms with Gasteiger partial charge in [0.25, 0.3) is 5.91 Å². The molecule has 2 rings (SSSR count). The van der Waals surface area contributed by atoms with Crippen LogP contribution in [0.1, 0.15) is 10.4 Å². The highest BCUT2D eigenvalue weighted by molar-refractivity contribution is 5.95. The molecule has 1 aliphatic rings. The molecule has 0 spiro atoms. The molecule has 1 fully saturated rings. The largest absolute Gasteiger partial charge is 0.397 e. The van der Waals surface area contributed by atoms with E-state index in [1.165, 1.54) is 4.90 Å². The number of nitrogens with zero attached hydrogens (tertiary/aromatic N) is 3. The number of carbonyl (C=O) groups is 1. The van der Waals surface area contributed by atoms with E-state index in [4.69, 9.17) is 15.7 Å². The average molecular weight is 274 g/mol. The number of benzene rings is 1. The second kappa shape index (κ2) is 5.80. The number of anilines is 2. The molecule has 1 saturated heterocycles. The molecule has 1 unspecified atom stereocenters. The summed E-state index contributed by atoms with van der Waals surface area (Å²) in [6.07, 6.45) is -0.439. The monoisotopic (exact) mass is 274 g/mol. The predicted molar refractivity (Wildman–Crippen MR) is 76.4 cm³/mol. The number of carbonyl (C=O) groups excluding carboxylic acids is 1. The first-order valence-electron chi connectivity index (χ1n) is 6.40. The Morgan fingerprint density at radius 1 is 1.55 bits per heavy atom. The summed E-state index contributed by atoms with van der Waals surface area (Å²) in [5.74, 6) is -0.0832. The van der Waals surface area contributed by atoms with E-state index >= 15 is 0 Å². The molecule has 106 valence electrons. The van der Waals surface area contributed by atoms with Crippen LogP contribution in [0.15, 0.2) is 18.2 Å². The third-order valence-corrected chi connectivity index (χ3v) is 3.23. The first-order valence-corrected chi connectivity index (χ1v) is 6.40. The number of amides is 1. The molecule has 6 nitrogen and oxygen atoms in total. The molecule has 0 aliphatic carbocycles. The van der Waals surface area contributed by atoms with E-state index in [1.54, 1.807) is 26.2 Å². The van der Waals surface area contributed by atoms with Gasteiger partial charge in [0.2, 0.25) is 0 Å². The van der Waals surface area contributed by atoms with E-state index < -0.39 is 6.10 Å². The molecule has 0 bridgehead atoms. The summed E-state index contributed by atoms with van der Waals surface area (Å²) >= 11 is 0. The molecule has 6 heteroatoms. The highest BCUT2D eigenvalue weighted by Gasteiger charge is 2.22. The van der Waals surface area contributed by atoms with E-state index in [2.05, 4.69) is 6.07 Å². The van der Waals surface area contributed by atoms with Crippen molar-refractivity contribution in [2.45, 2.75) is 6.10 Å². The van der Waals surface area contributed by atoms with Crippen molar-refractivity contribution in [2.24, 2.45) is 0 Å². The van der Waals surface area contributed by atoms with Crippen molar-refractivity contribution in [3.8, 4) is 6.07 Å². The summed E-state index contributed by atoms with van der Waals surface area (Å²) in [7, 11) is 3.40. The number of rotatable bonds is 2. The molecule has 1 aromatic carbocycles. The van der Waals surface area contributed by atoms with E-state index in [1.807, 2.05) is 11.0 Å². The lowest BCUT2D eigenvalue weighted by molar-refractivity contribution is 0.0764. The molecule has 1 heterocycles. The number of nitrogen functional groups attached to an aromatic ring is 1. The van der Waals surface area contributed by atoms with Gasteiger partial charge in [0.05, 0.1) is 30.6 Å². The van der Waals surface area contributed by atoms with Crippen molar-refractivity contribution >= 4 is 17.3 Å². The Hall–Kier alpha value is -2.26. The van der Waals surface area contributed by atoms with Gasteiger partial charge in [0.15, 0.2) is 6.10 Å². The van der Waals surface area contributed by atoms with Gasteiger partial charge in [-0.2, -0.15) is 5.26 Å². The summed E-state index contributed by atoms with van der Waals surface area (Å²) in [6, 6.07) is 7.36. The highest BCUT2D eigenvalue weighted by Crippen LogP contribution is 2.26. The van der Waals surface area contributed by atoms with Crippen LogP contribution < -0.4 is 10.6 Å². The summed E-state index contributed by atoms with van der Waals surface area (Å²) < 4.78 is 5.31. The zero-order chi connectivity index (χ0) is 14.7. The Kier molecular flexibility index (Phi) is 4.11. The van der Waals surface area contributed by atoms with E-state index in [-0.39, 0.29) is 5.91 Å². The van der Waals surface area contributed by atoms with Crippen LogP contribution in [0.5, 0.6) is 0 Å². The molecule has 1 aromatic rings. The fraction of sp³-hybridized carbons (Fsp3) is 0.429. The van der Waals surface area contributed by atoms with Crippen molar-refractivity contribution in [3.05, 3.63) is 23.8 Å². The number of hydrogen-bond acceptors (Lipinski definition) is 5. The first kappa shape index (κ1) is 14.2. The van der Waals surface area contributed by atoms with Crippen LogP contribution in [0.2, 0.25) is 0 Å². The molecule has 0 radical (unpaired) electrons. The Balaban J connectivity index is 2.22. The number of nitrogens with two attached hydrogens (primary N) is 1. The first-order chi connectivity index (χ1) is 9.52. The van der Waals surface area contributed by atoms with Gasteiger partial charge in [0.1, 0.15) is 0 Å². The van der Waals surface area contributed by atoms with E-state index in [0.29, 0.717) is 30.9 Å². The van der Waals surface area contributed by atoms with Crippen molar-refractivity contribution in [1.82, 2.24) is 4.90 Å². The zero-order valence-corrected chi connectivity index (χ0v) is 11.7. The average Bonchev–Trinajstić information content (AvgIpc) is 2.46. The smallest absolute Gasteiger partial charge is 0.253 e. The normalized spacial score (nSPS) is 18.4. The maximum absolute atomic E-state index is 11.9. The van der Waals surface area contributed by atoms with Crippen molar-refractivity contribution < 1.29 is 9.53 Å². The minimum absolute atomic E-state index is 0.0832. The van der Waals surface area contributed by atoms with Gasteiger partial charge < -0.3 is 20.3 Å². The quantitative estimate of drug-likeness (QED) is 0.803. The SMILES string of the molecule is CN(C)C(=O)c1ccc(N2CCOC(C#N)C2)c(N)c1. The fourth-order valence-electron chi connectivity index (χ4n) is 2.18. The number of ether oxygens (including phenoxy) is 1. The van der Waals surface area contributed by atoms with Crippen LogP contribution in [0.4, 0.5) is 11.4 Å². The summed E-state index contributed by atoms with van der Waals surface area (Å²) in [5, 5.41) is 8.92. The number of hydrogen-bond donors (Lipinski definition) is 1. The third kappa shape index (κ3) is 2.83. The van der Waals surface area contributed by atoms with Crippen LogP contribution in [0, 0.1) is 11.3 Å². The molecule has 1 aliphatic heterocycles. The number of nitriles is 1. The van der Waals surface area contributed by atoms with Crippen molar-refractivity contribution in [3.63, 3.8) is 0 Å². The molecule has 1 amide bonds. The van der Waals surface area contributed by atoms with Gasteiger partial charge in [-0.15, -0.1) is 0 Å². The summed E-state index contributed by atoms with van der Waals surface area (Å²) in [4.78, 5) is 15.4. The highest BCUT2D eigenvalue weighted by atomic mass is 16.5. The van der Waals surface area contributed by atoms with Gasteiger partial charge in [-0.3, -0.25) is 4.79 Å². The second-order valence-electron chi connectivity index (χ2n) is 4.91. The van der Waals surface area contributed by atoms with Gasteiger partial charge >= 0.3 is 0 Å². The molecular weight excluding hydrogens is 256 g/mol. The topological polar surface area (TPSA) is 82.6 Å². The summed E-state index contributed by atoms with van der Waals surface area (Å²) in [5.41, 5.74) is 7.97. The molecule has 0 saturated carbocycles. The molecule has 0 aromatic heterocycles. The van der Waals surface area contributed by atoms with Gasteiger partial charge in [-0.05, 0) is 18.2 Å². The van der Waals surface area contributed by atoms with Crippen LogP contribution in [-0.4, -0.2) is 50.7 Å². The molecule has 1 atom stereocenters. The lowest BCUT2D eigenvalue weighted by atomic mass is 10.1. The lowest BCUT2D eigenvalue weighted by Crippen LogP contribution is -2.42. The number of morpholine rings is 1. The Bertz CT molecular complexity index is 551. The van der Waals surface area contributed by atoms with E-state index in [0.717, 1.165) is 5.69 Å². The second-order valence-corrected chi connectivity index (χ2v) is 4.91. The van der Waals surface area contributed by atoms with E-state index in [9.17, 15) is 4.79 Å². The van der Waals surface area contributed by atoms with Crippen LogP contribution in [-0.2, 0) is 4.74 Å². The molecule has 20 heavy (non-hydrogen) atoms. The van der Waals surface area contributed by atoms with Crippen LogP contribution in [0.25, 0.3) is 0 Å². The zero-order valence-electron chi connectivity index (χ0n) is 11.7.